The van der Waals surface area contributed by atoms with Crippen molar-refractivity contribution in [2.24, 2.45) is 23.2 Å². The van der Waals surface area contributed by atoms with Crippen LogP contribution in [-0.2, 0) is 4.79 Å². The van der Waals surface area contributed by atoms with E-state index in [0.29, 0.717) is 5.91 Å². The Bertz CT molecular complexity index is 324. The number of nitrogens with zero attached hydrogens (tertiary/aromatic N) is 1. The van der Waals surface area contributed by atoms with Crippen LogP contribution in [0.15, 0.2) is 0 Å². The van der Waals surface area contributed by atoms with Crippen molar-refractivity contribution in [3.8, 4) is 0 Å². The molecule has 4 aliphatic rings. The molecule has 1 aliphatic heterocycles. The highest BCUT2D eigenvalue weighted by Gasteiger charge is 2.45. The molecule has 1 amide bonds. The Kier molecular flexibility index (Phi) is 3.15. The van der Waals surface area contributed by atoms with Crippen LogP contribution in [0, 0.1) is 23.2 Å². The number of fused-ring (bicyclic) bond motifs is 4. The first-order valence-corrected chi connectivity index (χ1v) is 7.86. The minimum atomic E-state index is -0.0557. The second-order valence-corrected chi connectivity index (χ2v) is 7.51. The smallest absolute Gasteiger partial charge is 0.228 e. The summed E-state index contributed by atoms with van der Waals surface area (Å²) >= 11 is 0. The molecule has 0 aromatic carbocycles. The molecule has 0 N–H and O–H groups in total. The second-order valence-electron chi connectivity index (χ2n) is 7.51. The Hall–Kier alpha value is -0.530. The molecule has 0 aromatic rings. The molecule has 0 radical (unpaired) electrons. The lowest BCUT2D eigenvalue weighted by Gasteiger charge is -2.47. The molecule has 18 heavy (non-hydrogen) atoms. The van der Waals surface area contributed by atoms with Crippen LogP contribution in [0.2, 0.25) is 0 Å². The third-order valence-electron chi connectivity index (χ3n) is 5.52. The topological polar surface area (TPSA) is 20.3 Å². The Labute approximate surface area is 111 Å². The monoisotopic (exact) mass is 249 g/mol. The van der Waals surface area contributed by atoms with Crippen LogP contribution in [0.5, 0.6) is 0 Å². The van der Waals surface area contributed by atoms with Gasteiger partial charge in [0.15, 0.2) is 0 Å². The van der Waals surface area contributed by atoms with Crippen LogP contribution >= 0.6 is 0 Å². The summed E-state index contributed by atoms with van der Waals surface area (Å²) in [6.45, 7) is 6.63. The van der Waals surface area contributed by atoms with E-state index in [9.17, 15) is 4.79 Å². The number of rotatable bonds is 1. The van der Waals surface area contributed by atoms with Crippen LogP contribution in [-0.4, -0.2) is 23.9 Å². The number of carbonyl (C=O) groups is 1. The van der Waals surface area contributed by atoms with E-state index < -0.39 is 0 Å². The van der Waals surface area contributed by atoms with Gasteiger partial charge in [0.25, 0.3) is 0 Å². The minimum absolute atomic E-state index is 0.0557. The van der Waals surface area contributed by atoms with E-state index in [0.717, 1.165) is 43.7 Å². The number of amides is 1. The van der Waals surface area contributed by atoms with Gasteiger partial charge in [0.2, 0.25) is 5.91 Å². The summed E-state index contributed by atoms with van der Waals surface area (Å²) in [5.74, 6) is 3.03. The van der Waals surface area contributed by atoms with Crippen molar-refractivity contribution in [1.29, 1.82) is 0 Å². The number of carbonyl (C=O) groups excluding carboxylic acids is 1. The van der Waals surface area contributed by atoms with Crippen LogP contribution in [0.1, 0.15) is 58.8 Å². The molecule has 1 heterocycles. The van der Waals surface area contributed by atoms with Crippen molar-refractivity contribution >= 4 is 5.91 Å². The molecule has 0 spiro atoms. The third-order valence-corrected chi connectivity index (χ3v) is 5.52. The molecular weight excluding hydrogens is 222 g/mol. The maximum Gasteiger partial charge on any atom is 0.228 e. The normalized spacial score (nSPS) is 44.1. The fourth-order valence-corrected chi connectivity index (χ4v) is 4.85. The summed E-state index contributed by atoms with van der Waals surface area (Å²) in [6.07, 6.45) is 8.85. The van der Waals surface area contributed by atoms with E-state index in [2.05, 4.69) is 18.7 Å². The predicted molar refractivity (Wildman–Crippen MR) is 73.2 cm³/mol. The van der Waals surface area contributed by atoms with Gasteiger partial charge in [-0.05, 0) is 62.7 Å². The van der Waals surface area contributed by atoms with Crippen molar-refractivity contribution in [3.63, 3.8) is 0 Å². The first-order valence-electron chi connectivity index (χ1n) is 7.86. The maximum atomic E-state index is 12.8. The predicted octanol–water partition coefficient (Wildman–Crippen LogP) is 3.46. The van der Waals surface area contributed by atoms with E-state index in [1.165, 1.54) is 32.1 Å². The number of likely N-dealkylation sites (tertiary alicyclic amines) is 1. The van der Waals surface area contributed by atoms with Crippen molar-refractivity contribution in [2.75, 3.05) is 13.1 Å². The summed E-state index contributed by atoms with van der Waals surface area (Å²) in [4.78, 5) is 15.0. The Morgan fingerprint density at radius 2 is 1.72 bits per heavy atom. The van der Waals surface area contributed by atoms with Crippen LogP contribution < -0.4 is 0 Å². The van der Waals surface area contributed by atoms with Gasteiger partial charge in [-0.2, -0.15) is 0 Å². The Morgan fingerprint density at radius 1 is 1.06 bits per heavy atom. The lowest BCUT2D eigenvalue weighted by atomic mass is 9.59. The summed E-state index contributed by atoms with van der Waals surface area (Å²) in [5.41, 5.74) is -0.0557. The van der Waals surface area contributed by atoms with E-state index in [-0.39, 0.29) is 5.41 Å². The van der Waals surface area contributed by atoms with Crippen molar-refractivity contribution in [3.05, 3.63) is 0 Å². The SMILES string of the molecule is CC1CC2CC(C2)CC(C)(C(=O)N2CCCC2)C1. The van der Waals surface area contributed by atoms with Crippen LogP contribution in [0.3, 0.4) is 0 Å². The molecule has 2 nitrogen and oxygen atoms in total. The van der Waals surface area contributed by atoms with Gasteiger partial charge in [0, 0.05) is 18.5 Å². The molecule has 3 saturated carbocycles. The van der Waals surface area contributed by atoms with Gasteiger partial charge in [0.05, 0.1) is 0 Å². The third kappa shape index (κ3) is 2.19. The maximum absolute atomic E-state index is 12.8. The highest BCUT2D eigenvalue weighted by molar-refractivity contribution is 5.82. The van der Waals surface area contributed by atoms with Gasteiger partial charge in [-0.3, -0.25) is 4.79 Å². The Balaban J connectivity index is 1.74. The first kappa shape index (κ1) is 12.5. The molecule has 2 heteroatoms. The standard InChI is InChI=1S/C16H27NO/c1-12-7-13-8-14(9-13)11-16(2,10-12)15(18)17-5-3-4-6-17/h12-14H,3-11H2,1-2H3. The molecular formula is C16H27NO. The lowest BCUT2D eigenvalue weighted by Crippen LogP contribution is -2.46. The van der Waals surface area contributed by atoms with Crippen molar-refractivity contribution < 1.29 is 4.79 Å². The summed E-state index contributed by atoms with van der Waals surface area (Å²) in [6, 6.07) is 0. The highest BCUT2D eigenvalue weighted by Crippen LogP contribution is 2.50. The zero-order valence-corrected chi connectivity index (χ0v) is 12.0. The molecule has 1 saturated heterocycles. The molecule has 102 valence electrons. The molecule has 2 unspecified atom stereocenters. The molecule has 3 aliphatic carbocycles. The molecule has 4 rings (SSSR count). The summed E-state index contributed by atoms with van der Waals surface area (Å²) in [5, 5.41) is 0. The molecule has 4 fully saturated rings. The van der Waals surface area contributed by atoms with Gasteiger partial charge in [0.1, 0.15) is 0 Å². The fourth-order valence-electron chi connectivity index (χ4n) is 4.85. The van der Waals surface area contributed by atoms with Crippen molar-refractivity contribution in [2.45, 2.75) is 58.8 Å². The zero-order chi connectivity index (χ0) is 12.8. The van der Waals surface area contributed by atoms with Crippen LogP contribution in [0.4, 0.5) is 0 Å². The molecule has 0 aromatic heterocycles. The average Bonchev–Trinajstić information content (AvgIpc) is 2.75. The highest BCUT2D eigenvalue weighted by atomic mass is 16.2. The van der Waals surface area contributed by atoms with E-state index in [1.54, 1.807) is 0 Å². The zero-order valence-electron chi connectivity index (χ0n) is 12.0. The van der Waals surface area contributed by atoms with Crippen molar-refractivity contribution in [1.82, 2.24) is 4.90 Å². The van der Waals surface area contributed by atoms with Gasteiger partial charge in [-0.25, -0.2) is 0 Å². The minimum Gasteiger partial charge on any atom is -0.342 e. The van der Waals surface area contributed by atoms with Gasteiger partial charge in [-0.15, -0.1) is 0 Å². The quantitative estimate of drug-likeness (QED) is 0.697. The first-order chi connectivity index (χ1) is 8.57. The largest absolute Gasteiger partial charge is 0.342 e. The Morgan fingerprint density at radius 3 is 2.39 bits per heavy atom. The average molecular weight is 249 g/mol. The van der Waals surface area contributed by atoms with Gasteiger partial charge in [-0.1, -0.05) is 13.8 Å². The second kappa shape index (κ2) is 4.54. The van der Waals surface area contributed by atoms with E-state index >= 15 is 0 Å². The van der Waals surface area contributed by atoms with Gasteiger partial charge >= 0.3 is 0 Å². The number of hydrogen-bond acceptors (Lipinski definition) is 1. The molecule has 2 atom stereocenters. The summed E-state index contributed by atoms with van der Waals surface area (Å²) < 4.78 is 0. The molecule has 2 bridgehead atoms. The number of hydrogen-bond donors (Lipinski definition) is 0. The summed E-state index contributed by atoms with van der Waals surface area (Å²) in [7, 11) is 0. The lowest BCUT2D eigenvalue weighted by molar-refractivity contribution is -0.144. The van der Waals surface area contributed by atoms with E-state index in [4.69, 9.17) is 0 Å². The van der Waals surface area contributed by atoms with Crippen LogP contribution in [0.25, 0.3) is 0 Å². The van der Waals surface area contributed by atoms with Gasteiger partial charge < -0.3 is 4.90 Å². The van der Waals surface area contributed by atoms with E-state index in [1.807, 2.05) is 0 Å². The fraction of sp³-hybridized carbons (Fsp3) is 0.938.